The van der Waals surface area contributed by atoms with Crippen LogP contribution in [0.5, 0.6) is 0 Å². The highest BCUT2D eigenvalue weighted by molar-refractivity contribution is 5.68. The lowest BCUT2D eigenvalue weighted by molar-refractivity contribution is 0.00858. The highest BCUT2D eigenvalue weighted by Gasteiger charge is 2.29. The molecule has 1 aliphatic heterocycles. The molecule has 0 radical (unpaired) electrons. The molecule has 0 saturated carbocycles. The van der Waals surface area contributed by atoms with E-state index in [1.165, 1.54) is 32.1 Å². The van der Waals surface area contributed by atoms with Crippen LogP contribution in [0.2, 0.25) is 0 Å². The maximum atomic E-state index is 12.2. The van der Waals surface area contributed by atoms with Crippen LogP contribution in [0, 0.1) is 0 Å². The molecule has 1 atom stereocenters. The van der Waals surface area contributed by atoms with Gasteiger partial charge >= 0.3 is 6.09 Å². The van der Waals surface area contributed by atoms with Crippen LogP contribution < -0.4 is 0 Å². The fourth-order valence-electron chi connectivity index (χ4n) is 2.67. The predicted molar refractivity (Wildman–Crippen MR) is 79.3 cm³/mol. The molecule has 1 amide bonds. The van der Waals surface area contributed by atoms with Gasteiger partial charge in [0.25, 0.3) is 0 Å². The minimum Gasteiger partial charge on any atom is -0.444 e. The van der Waals surface area contributed by atoms with Gasteiger partial charge in [-0.2, -0.15) is 0 Å². The van der Waals surface area contributed by atoms with Crippen molar-refractivity contribution in [2.75, 3.05) is 6.54 Å². The standard InChI is InChI=1S/C16H31NO2/c1-5-6-7-8-11-14-12-9-10-13-17(14)15(18)19-16(2,3)4/h14H,5-13H2,1-4H3. The van der Waals surface area contributed by atoms with Crippen molar-refractivity contribution in [1.29, 1.82) is 0 Å². The number of nitrogens with zero attached hydrogens (tertiary/aromatic N) is 1. The van der Waals surface area contributed by atoms with Crippen molar-refractivity contribution in [2.45, 2.75) is 90.7 Å². The Bertz CT molecular complexity index is 270. The molecule has 1 fully saturated rings. The molecular formula is C16H31NO2. The fourth-order valence-corrected chi connectivity index (χ4v) is 2.67. The molecule has 0 aliphatic carbocycles. The Labute approximate surface area is 118 Å². The molecule has 0 bridgehead atoms. The van der Waals surface area contributed by atoms with Gasteiger partial charge in [0.15, 0.2) is 0 Å². The summed E-state index contributed by atoms with van der Waals surface area (Å²) in [4.78, 5) is 14.2. The Morgan fingerprint density at radius 3 is 2.58 bits per heavy atom. The summed E-state index contributed by atoms with van der Waals surface area (Å²) in [6.45, 7) is 8.91. The molecule has 3 heteroatoms. The van der Waals surface area contributed by atoms with Gasteiger partial charge in [-0.25, -0.2) is 4.79 Å². The van der Waals surface area contributed by atoms with Crippen LogP contribution in [0.3, 0.4) is 0 Å². The molecule has 1 unspecified atom stereocenters. The van der Waals surface area contributed by atoms with E-state index in [4.69, 9.17) is 4.74 Å². The van der Waals surface area contributed by atoms with E-state index in [0.29, 0.717) is 6.04 Å². The van der Waals surface area contributed by atoms with Crippen molar-refractivity contribution in [3.05, 3.63) is 0 Å². The van der Waals surface area contributed by atoms with Crippen LogP contribution in [-0.2, 0) is 4.74 Å². The lowest BCUT2D eigenvalue weighted by Crippen LogP contribution is -2.46. The van der Waals surface area contributed by atoms with E-state index in [1.54, 1.807) is 0 Å². The first-order valence-corrected chi connectivity index (χ1v) is 7.93. The summed E-state index contributed by atoms with van der Waals surface area (Å²) in [5.74, 6) is 0. The zero-order valence-corrected chi connectivity index (χ0v) is 13.2. The molecule has 0 aromatic heterocycles. The quantitative estimate of drug-likeness (QED) is 0.674. The van der Waals surface area contributed by atoms with Gasteiger partial charge in [-0.05, 0) is 46.5 Å². The molecular weight excluding hydrogens is 238 g/mol. The highest BCUT2D eigenvalue weighted by atomic mass is 16.6. The fraction of sp³-hybridized carbons (Fsp3) is 0.938. The third-order valence-electron chi connectivity index (χ3n) is 3.65. The first-order valence-electron chi connectivity index (χ1n) is 7.93. The van der Waals surface area contributed by atoms with Crippen molar-refractivity contribution in [1.82, 2.24) is 4.90 Å². The second-order valence-electron chi connectivity index (χ2n) is 6.67. The molecule has 0 aromatic rings. The number of likely N-dealkylation sites (tertiary alicyclic amines) is 1. The summed E-state index contributed by atoms with van der Waals surface area (Å²) in [6.07, 6.45) is 9.62. The number of rotatable bonds is 5. The SMILES string of the molecule is CCCCCCC1CCCCN1C(=O)OC(C)(C)C. The Balaban J connectivity index is 2.45. The van der Waals surface area contributed by atoms with E-state index in [0.717, 1.165) is 25.8 Å². The number of amides is 1. The van der Waals surface area contributed by atoms with Crippen molar-refractivity contribution in [3.8, 4) is 0 Å². The topological polar surface area (TPSA) is 29.5 Å². The van der Waals surface area contributed by atoms with Crippen LogP contribution in [0.15, 0.2) is 0 Å². The van der Waals surface area contributed by atoms with E-state index in [9.17, 15) is 4.79 Å². The average molecular weight is 269 g/mol. The molecule has 19 heavy (non-hydrogen) atoms. The maximum absolute atomic E-state index is 12.2. The number of carbonyl (C=O) groups is 1. The molecule has 0 N–H and O–H groups in total. The van der Waals surface area contributed by atoms with Gasteiger partial charge < -0.3 is 9.64 Å². The minimum atomic E-state index is -0.388. The number of ether oxygens (including phenoxy) is 1. The summed E-state index contributed by atoms with van der Waals surface area (Å²) in [5.41, 5.74) is -0.388. The number of carbonyl (C=O) groups excluding carboxylic acids is 1. The molecule has 112 valence electrons. The first-order chi connectivity index (χ1) is 8.94. The number of piperidine rings is 1. The molecule has 1 heterocycles. The summed E-state index contributed by atoms with van der Waals surface area (Å²) < 4.78 is 5.52. The van der Waals surface area contributed by atoms with Gasteiger partial charge in [-0.1, -0.05) is 32.6 Å². The minimum absolute atomic E-state index is 0.118. The maximum Gasteiger partial charge on any atom is 0.410 e. The average Bonchev–Trinajstić information content (AvgIpc) is 2.33. The number of unbranched alkanes of at least 4 members (excludes halogenated alkanes) is 3. The molecule has 1 rings (SSSR count). The second-order valence-corrected chi connectivity index (χ2v) is 6.67. The monoisotopic (exact) mass is 269 g/mol. The zero-order chi connectivity index (χ0) is 14.3. The lowest BCUT2D eigenvalue weighted by Gasteiger charge is -2.36. The van der Waals surface area contributed by atoms with Gasteiger partial charge in [0.1, 0.15) is 5.60 Å². The molecule has 0 aromatic carbocycles. The van der Waals surface area contributed by atoms with Gasteiger partial charge in [0, 0.05) is 12.6 Å². The van der Waals surface area contributed by atoms with Crippen LogP contribution in [0.25, 0.3) is 0 Å². The van der Waals surface area contributed by atoms with Crippen molar-refractivity contribution < 1.29 is 9.53 Å². The molecule has 1 aliphatic rings. The third kappa shape index (κ3) is 6.31. The highest BCUT2D eigenvalue weighted by Crippen LogP contribution is 2.24. The Morgan fingerprint density at radius 2 is 1.95 bits per heavy atom. The Kier molecular flexibility index (Phi) is 6.67. The van der Waals surface area contributed by atoms with Gasteiger partial charge in [0.05, 0.1) is 0 Å². The van der Waals surface area contributed by atoms with E-state index in [1.807, 2.05) is 25.7 Å². The van der Waals surface area contributed by atoms with Crippen LogP contribution >= 0.6 is 0 Å². The van der Waals surface area contributed by atoms with Crippen LogP contribution in [-0.4, -0.2) is 29.2 Å². The molecule has 1 saturated heterocycles. The van der Waals surface area contributed by atoms with E-state index < -0.39 is 0 Å². The summed E-state index contributed by atoms with van der Waals surface area (Å²) in [6, 6.07) is 0.403. The number of hydrogen-bond donors (Lipinski definition) is 0. The zero-order valence-electron chi connectivity index (χ0n) is 13.2. The molecule has 3 nitrogen and oxygen atoms in total. The first kappa shape index (κ1) is 16.3. The van der Waals surface area contributed by atoms with E-state index in [-0.39, 0.29) is 11.7 Å². The second kappa shape index (κ2) is 7.76. The van der Waals surface area contributed by atoms with Gasteiger partial charge in [-0.3, -0.25) is 0 Å². The van der Waals surface area contributed by atoms with Gasteiger partial charge in [-0.15, -0.1) is 0 Å². The van der Waals surface area contributed by atoms with Gasteiger partial charge in [0.2, 0.25) is 0 Å². The predicted octanol–water partition coefficient (Wildman–Crippen LogP) is 4.75. The lowest BCUT2D eigenvalue weighted by atomic mass is 9.97. The van der Waals surface area contributed by atoms with Crippen molar-refractivity contribution in [3.63, 3.8) is 0 Å². The van der Waals surface area contributed by atoms with Crippen LogP contribution in [0.1, 0.15) is 79.1 Å². The third-order valence-corrected chi connectivity index (χ3v) is 3.65. The van der Waals surface area contributed by atoms with Crippen molar-refractivity contribution >= 4 is 6.09 Å². The van der Waals surface area contributed by atoms with E-state index in [2.05, 4.69) is 6.92 Å². The smallest absolute Gasteiger partial charge is 0.410 e. The van der Waals surface area contributed by atoms with E-state index >= 15 is 0 Å². The summed E-state index contributed by atoms with van der Waals surface area (Å²) in [7, 11) is 0. The normalized spacial score (nSPS) is 20.4. The van der Waals surface area contributed by atoms with Crippen molar-refractivity contribution in [2.24, 2.45) is 0 Å². The largest absolute Gasteiger partial charge is 0.444 e. The molecule has 0 spiro atoms. The Hall–Kier alpha value is -0.730. The Morgan fingerprint density at radius 1 is 1.21 bits per heavy atom. The summed E-state index contributed by atoms with van der Waals surface area (Å²) >= 11 is 0. The number of hydrogen-bond acceptors (Lipinski definition) is 2. The summed E-state index contributed by atoms with van der Waals surface area (Å²) in [5, 5.41) is 0. The van der Waals surface area contributed by atoms with Crippen LogP contribution in [0.4, 0.5) is 4.79 Å².